The van der Waals surface area contributed by atoms with Crippen LogP contribution in [-0.2, 0) is 5.88 Å². The van der Waals surface area contributed by atoms with E-state index in [1.165, 1.54) is 0 Å². The lowest BCUT2D eigenvalue weighted by molar-refractivity contribution is 1.31. The second-order valence-electron chi connectivity index (χ2n) is 4.45. The first-order chi connectivity index (χ1) is 9.90. The summed E-state index contributed by atoms with van der Waals surface area (Å²) in [4.78, 5) is 8.29. The zero-order chi connectivity index (χ0) is 13.8. The predicted molar refractivity (Wildman–Crippen MR) is 82.5 cm³/mol. The zero-order valence-corrected chi connectivity index (χ0v) is 11.6. The Kier molecular flexibility index (Phi) is 3.75. The fraction of sp³-hybridized carbons (Fsp3) is 0.0588. The summed E-state index contributed by atoms with van der Waals surface area (Å²) in [6, 6.07) is 14.2. The van der Waals surface area contributed by atoms with Gasteiger partial charge in [-0.15, -0.1) is 11.6 Å². The van der Waals surface area contributed by atoms with Gasteiger partial charge in [-0.05, 0) is 40.5 Å². The van der Waals surface area contributed by atoms with Gasteiger partial charge in [0.15, 0.2) is 0 Å². The molecule has 0 fully saturated rings. The number of aromatic nitrogens is 2. The lowest BCUT2D eigenvalue weighted by Gasteiger charge is -2.13. The van der Waals surface area contributed by atoms with E-state index in [9.17, 15) is 0 Å². The van der Waals surface area contributed by atoms with E-state index in [1.54, 1.807) is 18.6 Å². The van der Waals surface area contributed by atoms with E-state index in [-0.39, 0.29) is 0 Å². The molecule has 98 valence electrons. The maximum Gasteiger partial charge on any atom is 0.0480 e. The monoisotopic (exact) mass is 280 g/mol. The van der Waals surface area contributed by atoms with Crippen LogP contribution in [0.25, 0.3) is 22.3 Å². The third-order valence-electron chi connectivity index (χ3n) is 3.24. The molecule has 0 saturated carbocycles. The first kappa shape index (κ1) is 12.8. The van der Waals surface area contributed by atoms with Crippen molar-refractivity contribution in [1.29, 1.82) is 0 Å². The third-order valence-corrected chi connectivity index (χ3v) is 3.52. The number of benzene rings is 1. The summed E-state index contributed by atoms with van der Waals surface area (Å²) in [6.45, 7) is 0. The lowest BCUT2D eigenvalue weighted by Crippen LogP contribution is -1.92. The molecule has 20 heavy (non-hydrogen) atoms. The van der Waals surface area contributed by atoms with Gasteiger partial charge in [0.2, 0.25) is 0 Å². The van der Waals surface area contributed by atoms with Gasteiger partial charge >= 0.3 is 0 Å². The SMILES string of the molecule is ClCc1cccc(-c2cccnc2)c1-c1ccncc1. The molecule has 0 spiro atoms. The second-order valence-corrected chi connectivity index (χ2v) is 4.72. The van der Waals surface area contributed by atoms with Crippen LogP contribution in [0.1, 0.15) is 5.56 Å². The van der Waals surface area contributed by atoms with Gasteiger partial charge in [-0.3, -0.25) is 9.97 Å². The van der Waals surface area contributed by atoms with E-state index in [4.69, 9.17) is 11.6 Å². The largest absolute Gasteiger partial charge is 0.265 e. The van der Waals surface area contributed by atoms with Crippen molar-refractivity contribution < 1.29 is 0 Å². The van der Waals surface area contributed by atoms with Gasteiger partial charge < -0.3 is 0 Å². The van der Waals surface area contributed by atoms with Gasteiger partial charge in [0.1, 0.15) is 0 Å². The Balaban J connectivity index is 2.26. The van der Waals surface area contributed by atoms with Crippen LogP contribution in [0.5, 0.6) is 0 Å². The minimum Gasteiger partial charge on any atom is -0.265 e. The Labute approximate surface area is 123 Å². The highest BCUT2D eigenvalue weighted by Gasteiger charge is 2.11. The van der Waals surface area contributed by atoms with Gasteiger partial charge in [0, 0.05) is 36.2 Å². The summed E-state index contributed by atoms with van der Waals surface area (Å²) in [5.74, 6) is 0.478. The van der Waals surface area contributed by atoms with Crippen molar-refractivity contribution in [1.82, 2.24) is 9.97 Å². The molecule has 2 heterocycles. The second kappa shape index (κ2) is 5.85. The van der Waals surface area contributed by atoms with Crippen molar-refractivity contribution in [2.75, 3.05) is 0 Å². The summed E-state index contributed by atoms with van der Waals surface area (Å²) in [6.07, 6.45) is 7.25. The molecule has 0 amide bonds. The van der Waals surface area contributed by atoms with E-state index in [2.05, 4.69) is 28.2 Å². The highest BCUT2D eigenvalue weighted by Crippen LogP contribution is 2.35. The molecule has 3 aromatic rings. The first-order valence-corrected chi connectivity index (χ1v) is 6.92. The molecule has 0 radical (unpaired) electrons. The smallest absolute Gasteiger partial charge is 0.0480 e. The average molecular weight is 281 g/mol. The first-order valence-electron chi connectivity index (χ1n) is 6.39. The molecule has 0 aliphatic rings. The fourth-order valence-electron chi connectivity index (χ4n) is 2.33. The van der Waals surface area contributed by atoms with Gasteiger partial charge in [0.25, 0.3) is 0 Å². The van der Waals surface area contributed by atoms with E-state index in [0.29, 0.717) is 5.88 Å². The molecule has 1 aromatic carbocycles. The number of hydrogen-bond acceptors (Lipinski definition) is 2. The molecule has 0 saturated heterocycles. The molecule has 3 rings (SSSR count). The molecule has 0 aliphatic heterocycles. The van der Waals surface area contributed by atoms with Crippen LogP contribution in [0.4, 0.5) is 0 Å². The van der Waals surface area contributed by atoms with Gasteiger partial charge in [-0.1, -0.05) is 24.3 Å². The molecule has 3 heteroatoms. The Morgan fingerprint density at radius 3 is 2.35 bits per heavy atom. The molecular weight excluding hydrogens is 268 g/mol. The summed E-state index contributed by atoms with van der Waals surface area (Å²) in [5, 5.41) is 0. The van der Waals surface area contributed by atoms with Crippen molar-refractivity contribution in [2.45, 2.75) is 5.88 Å². The number of nitrogens with zero attached hydrogens (tertiary/aromatic N) is 2. The minimum atomic E-state index is 0.478. The number of hydrogen-bond donors (Lipinski definition) is 0. The van der Waals surface area contributed by atoms with Crippen molar-refractivity contribution in [3.05, 3.63) is 72.8 Å². The molecule has 0 bridgehead atoms. The minimum absolute atomic E-state index is 0.478. The zero-order valence-electron chi connectivity index (χ0n) is 10.8. The maximum atomic E-state index is 6.11. The molecule has 2 nitrogen and oxygen atoms in total. The Morgan fingerprint density at radius 1 is 0.800 bits per heavy atom. The highest BCUT2D eigenvalue weighted by atomic mass is 35.5. The summed E-state index contributed by atoms with van der Waals surface area (Å²) >= 11 is 6.11. The van der Waals surface area contributed by atoms with Crippen molar-refractivity contribution in [3.63, 3.8) is 0 Å². The van der Waals surface area contributed by atoms with Crippen LogP contribution in [0.15, 0.2) is 67.3 Å². The van der Waals surface area contributed by atoms with Gasteiger partial charge in [0.05, 0.1) is 0 Å². The van der Waals surface area contributed by atoms with Crippen molar-refractivity contribution in [3.8, 4) is 22.3 Å². The normalized spacial score (nSPS) is 10.4. The number of halogens is 1. The van der Waals surface area contributed by atoms with Crippen LogP contribution in [0.3, 0.4) is 0 Å². The Bertz CT molecular complexity index is 697. The molecular formula is C17H13ClN2. The molecule has 2 aromatic heterocycles. The van der Waals surface area contributed by atoms with Crippen LogP contribution in [0.2, 0.25) is 0 Å². The lowest BCUT2D eigenvalue weighted by atomic mass is 9.92. The van der Waals surface area contributed by atoms with E-state index >= 15 is 0 Å². The van der Waals surface area contributed by atoms with Crippen LogP contribution in [-0.4, -0.2) is 9.97 Å². The van der Waals surface area contributed by atoms with E-state index < -0.39 is 0 Å². The standard InChI is InChI=1S/C17H13ClN2/c18-11-14-3-1-5-16(15-4-2-8-20-12-15)17(14)13-6-9-19-10-7-13/h1-10,12H,11H2. The molecule has 0 atom stereocenters. The topological polar surface area (TPSA) is 25.8 Å². The Morgan fingerprint density at radius 2 is 1.65 bits per heavy atom. The quantitative estimate of drug-likeness (QED) is 0.658. The maximum absolute atomic E-state index is 6.11. The van der Waals surface area contributed by atoms with Crippen LogP contribution < -0.4 is 0 Å². The third kappa shape index (κ3) is 2.43. The highest BCUT2D eigenvalue weighted by molar-refractivity contribution is 6.17. The summed E-state index contributed by atoms with van der Waals surface area (Å²) in [7, 11) is 0. The fourth-order valence-corrected chi connectivity index (χ4v) is 2.56. The van der Waals surface area contributed by atoms with Crippen molar-refractivity contribution in [2.24, 2.45) is 0 Å². The summed E-state index contributed by atoms with van der Waals surface area (Å²) < 4.78 is 0. The van der Waals surface area contributed by atoms with Crippen molar-refractivity contribution >= 4 is 11.6 Å². The molecule has 0 unspecified atom stereocenters. The van der Waals surface area contributed by atoms with Gasteiger partial charge in [-0.2, -0.15) is 0 Å². The summed E-state index contributed by atoms with van der Waals surface area (Å²) in [5.41, 5.74) is 5.61. The van der Waals surface area contributed by atoms with E-state index in [1.807, 2.05) is 30.5 Å². The number of rotatable bonds is 3. The van der Waals surface area contributed by atoms with Crippen LogP contribution >= 0.6 is 11.6 Å². The van der Waals surface area contributed by atoms with E-state index in [0.717, 1.165) is 27.8 Å². The molecule has 0 aliphatic carbocycles. The average Bonchev–Trinajstić information content (AvgIpc) is 2.55. The Hall–Kier alpha value is -2.19. The number of alkyl halides is 1. The predicted octanol–water partition coefficient (Wildman–Crippen LogP) is 4.55. The molecule has 0 N–H and O–H groups in total. The van der Waals surface area contributed by atoms with Crippen LogP contribution in [0, 0.1) is 0 Å². The number of pyridine rings is 2. The van der Waals surface area contributed by atoms with Gasteiger partial charge in [-0.25, -0.2) is 0 Å².